The van der Waals surface area contributed by atoms with Gasteiger partial charge in [0.1, 0.15) is 0 Å². The van der Waals surface area contributed by atoms with Gasteiger partial charge in [-0.1, -0.05) is 18.2 Å². The summed E-state index contributed by atoms with van der Waals surface area (Å²) < 4.78 is 1.60. The van der Waals surface area contributed by atoms with Gasteiger partial charge in [-0.05, 0) is 49.2 Å². The minimum atomic E-state index is -0.178. The normalized spacial score (nSPS) is 12.2. The van der Waals surface area contributed by atoms with Crippen molar-refractivity contribution >= 4 is 12.0 Å². The largest absolute Gasteiger partial charge is 0.346 e. The van der Waals surface area contributed by atoms with Crippen LogP contribution >= 0.6 is 0 Å². The van der Waals surface area contributed by atoms with E-state index >= 15 is 0 Å². The van der Waals surface area contributed by atoms with Crippen molar-refractivity contribution in [2.24, 2.45) is 0 Å². The van der Waals surface area contributed by atoms with Crippen molar-refractivity contribution in [1.29, 1.82) is 0 Å². The first-order chi connectivity index (χ1) is 12.5. The Morgan fingerprint density at radius 2 is 2.04 bits per heavy atom. The van der Waals surface area contributed by atoms with Gasteiger partial charge >= 0.3 is 5.69 Å². The van der Waals surface area contributed by atoms with Gasteiger partial charge < -0.3 is 10.3 Å². The van der Waals surface area contributed by atoms with Crippen LogP contribution in [0.5, 0.6) is 0 Å². The van der Waals surface area contributed by atoms with Crippen molar-refractivity contribution in [1.82, 2.24) is 19.9 Å². The molecule has 0 fully saturated rings. The van der Waals surface area contributed by atoms with Gasteiger partial charge in [0.05, 0.1) is 11.7 Å². The lowest BCUT2D eigenvalue weighted by Crippen LogP contribution is -2.24. The van der Waals surface area contributed by atoms with Crippen molar-refractivity contribution in [3.05, 3.63) is 88.4 Å². The number of imidazole rings is 1. The van der Waals surface area contributed by atoms with Gasteiger partial charge in [0.2, 0.25) is 5.91 Å². The average Bonchev–Trinajstić information content (AvgIpc) is 2.99. The smallest absolute Gasteiger partial charge is 0.330 e. The maximum absolute atomic E-state index is 12.1. The van der Waals surface area contributed by atoms with Gasteiger partial charge in [0.25, 0.3) is 0 Å². The van der Waals surface area contributed by atoms with Crippen LogP contribution in [0, 0.1) is 6.92 Å². The van der Waals surface area contributed by atoms with Crippen LogP contribution < -0.4 is 11.0 Å². The quantitative estimate of drug-likeness (QED) is 0.696. The summed E-state index contributed by atoms with van der Waals surface area (Å²) in [5, 5.41) is 2.92. The summed E-state index contributed by atoms with van der Waals surface area (Å²) in [6.45, 7) is 3.78. The van der Waals surface area contributed by atoms with Crippen molar-refractivity contribution in [2.75, 3.05) is 0 Å². The number of carbonyl (C=O) groups excluding carboxylic acids is 1. The van der Waals surface area contributed by atoms with Crippen LogP contribution in [0.2, 0.25) is 0 Å². The van der Waals surface area contributed by atoms with Crippen LogP contribution in [0.4, 0.5) is 0 Å². The second-order valence-electron chi connectivity index (χ2n) is 6.01. The number of benzene rings is 1. The molecule has 0 saturated heterocycles. The lowest BCUT2D eigenvalue weighted by atomic mass is 10.1. The fourth-order valence-corrected chi connectivity index (χ4v) is 2.68. The van der Waals surface area contributed by atoms with E-state index in [9.17, 15) is 9.59 Å². The third-order valence-corrected chi connectivity index (χ3v) is 4.08. The Hall–Kier alpha value is -3.41. The number of aromatic amines is 1. The van der Waals surface area contributed by atoms with Crippen molar-refractivity contribution in [3.63, 3.8) is 0 Å². The van der Waals surface area contributed by atoms with Gasteiger partial charge in [-0.3, -0.25) is 14.3 Å². The fraction of sp³-hybridized carbons (Fsp3) is 0.150. The van der Waals surface area contributed by atoms with Crippen LogP contribution in [0.3, 0.4) is 0 Å². The van der Waals surface area contributed by atoms with E-state index in [1.54, 1.807) is 29.2 Å². The Kier molecular flexibility index (Phi) is 5.12. The summed E-state index contributed by atoms with van der Waals surface area (Å²) in [6.07, 6.45) is 8.26. The summed E-state index contributed by atoms with van der Waals surface area (Å²) in [4.78, 5) is 30.6. The molecule has 3 rings (SSSR count). The van der Waals surface area contributed by atoms with Gasteiger partial charge in [-0.15, -0.1) is 0 Å². The van der Waals surface area contributed by atoms with E-state index in [0.717, 1.165) is 22.5 Å². The SMILES string of the molecule is Cc1c[nH]c(=O)n1-c1ccc(C(C)NC(=O)C=Cc2cccnc2)cc1. The average molecular weight is 348 g/mol. The highest BCUT2D eigenvalue weighted by Crippen LogP contribution is 2.16. The Morgan fingerprint density at radius 1 is 1.27 bits per heavy atom. The molecule has 0 bridgehead atoms. The molecule has 1 unspecified atom stereocenters. The zero-order chi connectivity index (χ0) is 18.5. The molecule has 2 N–H and O–H groups in total. The Balaban J connectivity index is 1.66. The number of aromatic nitrogens is 3. The van der Waals surface area contributed by atoms with E-state index in [1.807, 2.05) is 50.2 Å². The highest BCUT2D eigenvalue weighted by Gasteiger charge is 2.09. The van der Waals surface area contributed by atoms with Gasteiger partial charge in [0, 0.05) is 30.4 Å². The summed E-state index contributed by atoms with van der Waals surface area (Å²) in [5.74, 6) is -0.178. The minimum absolute atomic E-state index is 0.154. The van der Waals surface area contributed by atoms with Crippen LogP contribution in [0.15, 0.2) is 65.9 Å². The van der Waals surface area contributed by atoms with Gasteiger partial charge in [0.15, 0.2) is 0 Å². The van der Waals surface area contributed by atoms with Crippen molar-refractivity contribution in [3.8, 4) is 5.69 Å². The molecular formula is C20H20N4O2. The maximum atomic E-state index is 12.1. The number of hydrogen-bond donors (Lipinski definition) is 2. The topological polar surface area (TPSA) is 79.8 Å². The zero-order valence-corrected chi connectivity index (χ0v) is 14.6. The van der Waals surface area contributed by atoms with Crippen LogP contribution in [0.1, 0.15) is 29.8 Å². The molecule has 6 nitrogen and oxygen atoms in total. The molecule has 2 aromatic heterocycles. The fourth-order valence-electron chi connectivity index (χ4n) is 2.68. The number of amides is 1. The molecule has 0 aliphatic carbocycles. The molecule has 0 radical (unpaired) electrons. The molecule has 0 saturated carbocycles. The Bertz CT molecular complexity index is 969. The molecule has 1 amide bonds. The summed E-state index contributed by atoms with van der Waals surface area (Å²) >= 11 is 0. The third-order valence-electron chi connectivity index (χ3n) is 4.08. The molecule has 132 valence electrons. The minimum Gasteiger partial charge on any atom is -0.346 e. The number of pyridine rings is 1. The molecule has 0 spiro atoms. The Morgan fingerprint density at radius 3 is 2.65 bits per heavy atom. The monoisotopic (exact) mass is 348 g/mol. The first kappa shape index (κ1) is 17.4. The highest BCUT2D eigenvalue weighted by molar-refractivity contribution is 5.91. The second kappa shape index (κ2) is 7.65. The lowest BCUT2D eigenvalue weighted by molar-refractivity contribution is -0.117. The van der Waals surface area contributed by atoms with Crippen molar-refractivity contribution < 1.29 is 4.79 Å². The third kappa shape index (κ3) is 3.97. The van der Waals surface area contributed by atoms with Gasteiger partial charge in [-0.2, -0.15) is 0 Å². The summed E-state index contributed by atoms with van der Waals surface area (Å²) in [6, 6.07) is 11.1. The molecule has 3 aromatic rings. The van der Waals surface area contributed by atoms with Gasteiger partial charge in [-0.25, -0.2) is 4.79 Å². The Labute approximate surface area is 151 Å². The van der Waals surface area contributed by atoms with E-state index in [-0.39, 0.29) is 17.6 Å². The number of rotatable bonds is 5. The maximum Gasteiger partial charge on any atom is 0.330 e. The number of aryl methyl sites for hydroxylation is 1. The number of hydrogen-bond acceptors (Lipinski definition) is 3. The van der Waals surface area contributed by atoms with E-state index in [2.05, 4.69) is 15.3 Å². The molecule has 2 heterocycles. The van der Waals surface area contributed by atoms with E-state index in [1.165, 1.54) is 6.08 Å². The van der Waals surface area contributed by atoms with E-state index < -0.39 is 0 Å². The molecule has 1 atom stereocenters. The van der Waals surface area contributed by atoms with Crippen molar-refractivity contribution in [2.45, 2.75) is 19.9 Å². The molecule has 0 aliphatic rings. The zero-order valence-electron chi connectivity index (χ0n) is 14.6. The molecule has 26 heavy (non-hydrogen) atoms. The first-order valence-corrected chi connectivity index (χ1v) is 8.30. The van der Waals surface area contributed by atoms with Crippen LogP contribution in [-0.2, 0) is 4.79 Å². The number of carbonyl (C=O) groups is 1. The second-order valence-corrected chi connectivity index (χ2v) is 6.01. The summed E-state index contributed by atoms with van der Waals surface area (Å²) in [7, 11) is 0. The molecular weight excluding hydrogens is 328 g/mol. The predicted molar refractivity (Wildman–Crippen MR) is 101 cm³/mol. The van der Waals surface area contributed by atoms with E-state index in [4.69, 9.17) is 0 Å². The predicted octanol–water partition coefficient (Wildman–Crippen LogP) is 2.76. The molecule has 1 aromatic carbocycles. The molecule has 6 heteroatoms. The highest BCUT2D eigenvalue weighted by atomic mass is 16.2. The molecule has 0 aliphatic heterocycles. The summed E-state index contributed by atoms with van der Waals surface area (Å²) in [5.41, 5.74) is 3.28. The standard InChI is InChI=1S/C20H20N4O2/c1-14-12-22-20(26)24(14)18-8-6-17(7-9-18)15(2)23-19(25)10-5-16-4-3-11-21-13-16/h3-13,15H,1-2H3,(H,22,26)(H,23,25). The number of nitrogens with one attached hydrogen (secondary N) is 2. The van der Waals surface area contributed by atoms with E-state index in [0.29, 0.717) is 0 Å². The number of nitrogens with zero attached hydrogens (tertiary/aromatic N) is 2. The number of H-pyrrole nitrogens is 1. The van der Waals surface area contributed by atoms with Crippen LogP contribution in [-0.4, -0.2) is 20.4 Å². The lowest BCUT2D eigenvalue weighted by Gasteiger charge is -2.14. The first-order valence-electron chi connectivity index (χ1n) is 8.30. The van der Waals surface area contributed by atoms with Crippen LogP contribution in [0.25, 0.3) is 11.8 Å².